The smallest absolute Gasteiger partial charge is 0.160 e. The predicted molar refractivity (Wildman–Crippen MR) is 258 cm³/mol. The first-order valence-corrected chi connectivity index (χ1v) is 21.1. The van der Waals surface area contributed by atoms with Gasteiger partial charge in [0.05, 0.1) is 39.1 Å². The van der Waals surface area contributed by atoms with E-state index in [9.17, 15) is 0 Å². The van der Waals surface area contributed by atoms with Crippen LogP contribution in [0.15, 0.2) is 231 Å². The van der Waals surface area contributed by atoms with Crippen LogP contribution in [0, 0.1) is 0 Å². The van der Waals surface area contributed by atoms with Crippen molar-refractivity contribution in [1.29, 1.82) is 0 Å². The van der Waals surface area contributed by atoms with Gasteiger partial charge in [-0.05, 0) is 53.6 Å². The highest BCUT2D eigenvalue weighted by Gasteiger charge is 2.26. The van der Waals surface area contributed by atoms with Gasteiger partial charge >= 0.3 is 0 Å². The molecule has 0 saturated heterocycles. The summed E-state index contributed by atoms with van der Waals surface area (Å²) in [6.07, 6.45) is 0. The largest absolute Gasteiger partial charge is 0.307 e. The van der Waals surface area contributed by atoms with Gasteiger partial charge in [-0.3, -0.25) is 0 Å². The third-order valence-corrected chi connectivity index (χ3v) is 12.1. The fraction of sp³-hybridized carbons (Fsp3) is 0. The van der Waals surface area contributed by atoms with E-state index in [0.29, 0.717) is 5.82 Å². The highest BCUT2D eigenvalue weighted by Crippen LogP contribution is 2.47. The Labute approximate surface area is 359 Å². The summed E-state index contributed by atoms with van der Waals surface area (Å²) in [6, 6.07) is 82.2. The Morgan fingerprint density at radius 1 is 0.290 bits per heavy atom. The molecule has 0 amide bonds. The molecule has 0 fully saturated rings. The van der Waals surface area contributed by atoms with Crippen molar-refractivity contribution in [2.24, 2.45) is 0 Å². The van der Waals surface area contributed by atoms with Crippen molar-refractivity contribution in [3.63, 3.8) is 0 Å². The molecule has 0 aliphatic carbocycles. The van der Waals surface area contributed by atoms with E-state index in [1.165, 1.54) is 32.6 Å². The summed E-state index contributed by atoms with van der Waals surface area (Å²) in [5.41, 5.74) is 16.0. The topological polar surface area (TPSA) is 35.6 Å². The number of hydrogen-bond donors (Lipinski definition) is 0. The second kappa shape index (κ2) is 14.7. The van der Waals surface area contributed by atoms with Gasteiger partial charge in [0.2, 0.25) is 0 Å². The molecule has 0 atom stereocenters. The molecule has 290 valence electrons. The van der Waals surface area contributed by atoms with Crippen molar-refractivity contribution in [3.8, 4) is 67.5 Å². The Kier molecular flexibility index (Phi) is 8.46. The van der Waals surface area contributed by atoms with Crippen LogP contribution in [0.25, 0.3) is 111 Å². The van der Waals surface area contributed by atoms with Crippen molar-refractivity contribution < 1.29 is 0 Å². The highest BCUT2D eigenvalue weighted by molar-refractivity contribution is 6.24. The van der Waals surface area contributed by atoms with Gasteiger partial charge in [-0.25, -0.2) is 9.97 Å². The van der Waals surface area contributed by atoms with Crippen LogP contribution in [-0.4, -0.2) is 19.1 Å². The number of benzene rings is 9. The molecule has 0 aliphatic heterocycles. The number of nitrogens with zero attached hydrogens (tertiary/aromatic N) is 4. The van der Waals surface area contributed by atoms with Crippen molar-refractivity contribution in [1.82, 2.24) is 19.1 Å². The molecule has 0 radical (unpaired) electrons. The normalized spacial score (nSPS) is 11.5. The van der Waals surface area contributed by atoms with Gasteiger partial charge in [-0.1, -0.05) is 188 Å². The van der Waals surface area contributed by atoms with Crippen molar-refractivity contribution in [3.05, 3.63) is 231 Å². The maximum atomic E-state index is 5.35. The van der Waals surface area contributed by atoms with Crippen molar-refractivity contribution in [2.45, 2.75) is 0 Å². The number of aromatic nitrogens is 4. The molecule has 3 heterocycles. The third-order valence-electron chi connectivity index (χ3n) is 12.1. The van der Waals surface area contributed by atoms with Crippen LogP contribution in [0.1, 0.15) is 0 Å². The van der Waals surface area contributed by atoms with Gasteiger partial charge < -0.3 is 9.13 Å². The Morgan fingerprint density at radius 2 is 0.677 bits per heavy atom. The third kappa shape index (κ3) is 5.84. The minimum absolute atomic E-state index is 0.667. The number of rotatable bonds is 7. The van der Waals surface area contributed by atoms with Crippen molar-refractivity contribution >= 4 is 43.6 Å². The van der Waals surface area contributed by atoms with E-state index >= 15 is 0 Å². The minimum Gasteiger partial charge on any atom is -0.307 e. The molecule has 0 bridgehead atoms. The summed E-state index contributed by atoms with van der Waals surface area (Å²) >= 11 is 0. The Hall–Kier alpha value is -8.34. The first-order valence-electron chi connectivity index (χ1n) is 21.1. The molecular weight excluding hydrogens is 753 g/mol. The van der Waals surface area contributed by atoms with Gasteiger partial charge in [0.1, 0.15) is 0 Å². The second-order valence-corrected chi connectivity index (χ2v) is 15.7. The lowest BCUT2D eigenvalue weighted by Gasteiger charge is -2.22. The molecule has 12 rings (SSSR count). The standard InChI is InChI=1S/C58H38N4/c1-6-20-39(21-7-1)49-36-43(58-59-51(41-24-10-3-11-25-41)38-52(60-58)42-26-12-4-13-27-42)37-50(40-22-8-2-9-23-40)55(49)62-54-33-19-17-31-46(54)48-35-34-47-45-30-16-18-32-53(45)61(56(47)57(48)62)44-28-14-5-15-29-44/h1-38H. The van der Waals surface area contributed by atoms with Crippen LogP contribution in [0.4, 0.5) is 0 Å². The zero-order valence-corrected chi connectivity index (χ0v) is 33.7. The summed E-state index contributed by atoms with van der Waals surface area (Å²) in [5.74, 6) is 0.667. The fourth-order valence-electron chi connectivity index (χ4n) is 9.35. The van der Waals surface area contributed by atoms with E-state index in [2.05, 4.69) is 228 Å². The average molecular weight is 791 g/mol. The van der Waals surface area contributed by atoms with Gasteiger partial charge in [-0.2, -0.15) is 0 Å². The molecule has 62 heavy (non-hydrogen) atoms. The zero-order chi connectivity index (χ0) is 41.0. The molecular formula is C58H38N4. The summed E-state index contributed by atoms with van der Waals surface area (Å²) in [5, 5.41) is 4.82. The van der Waals surface area contributed by atoms with E-state index in [4.69, 9.17) is 9.97 Å². The lowest BCUT2D eigenvalue weighted by Crippen LogP contribution is -2.04. The van der Waals surface area contributed by atoms with Crippen LogP contribution in [0.2, 0.25) is 0 Å². The molecule has 0 saturated carbocycles. The second-order valence-electron chi connectivity index (χ2n) is 15.7. The van der Waals surface area contributed by atoms with Crippen molar-refractivity contribution in [2.75, 3.05) is 0 Å². The fourth-order valence-corrected chi connectivity index (χ4v) is 9.35. The number of fused-ring (bicyclic) bond motifs is 7. The summed E-state index contributed by atoms with van der Waals surface area (Å²) in [7, 11) is 0. The monoisotopic (exact) mass is 790 g/mol. The molecule has 0 aliphatic rings. The molecule has 0 spiro atoms. The average Bonchev–Trinajstić information content (AvgIpc) is 3.88. The molecule has 4 nitrogen and oxygen atoms in total. The van der Waals surface area contributed by atoms with Crippen LogP contribution in [0.5, 0.6) is 0 Å². The molecule has 12 aromatic rings. The van der Waals surface area contributed by atoms with E-state index < -0.39 is 0 Å². The molecule has 9 aromatic carbocycles. The first kappa shape index (κ1) is 35.6. The first-order chi connectivity index (χ1) is 30.8. The zero-order valence-electron chi connectivity index (χ0n) is 33.7. The molecule has 0 N–H and O–H groups in total. The van der Waals surface area contributed by atoms with E-state index in [0.717, 1.165) is 72.7 Å². The van der Waals surface area contributed by atoms with Crippen LogP contribution in [0.3, 0.4) is 0 Å². The molecule has 3 aromatic heterocycles. The SMILES string of the molecule is c1ccc(-c2cc(-c3ccccc3)nc(-c3cc(-c4ccccc4)c(-n4c5ccccc5c5ccc6c7ccccc7n(-c7ccccc7)c6c54)c(-c4ccccc4)c3)n2)cc1. The van der Waals surface area contributed by atoms with Gasteiger partial charge in [0, 0.05) is 55.0 Å². The predicted octanol–water partition coefficient (Wildman–Crippen LogP) is 15.0. The lowest BCUT2D eigenvalue weighted by molar-refractivity contribution is 1.15. The maximum Gasteiger partial charge on any atom is 0.160 e. The quantitative estimate of drug-likeness (QED) is 0.161. The van der Waals surface area contributed by atoms with E-state index in [1.807, 2.05) is 12.1 Å². The van der Waals surface area contributed by atoms with Gasteiger partial charge in [0.15, 0.2) is 5.82 Å². The Bertz CT molecular complexity index is 3470. The van der Waals surface area contributed by atoms with Crippen LogP contribution < -0.4 is 0 Å². The summed E-state index contributed by atoms with van der Waals surface area (Å²) in [4.78, 5) is 10.7. The van der Waals surface area contributed by atoms with Crippen LogP contribution >= 0.6 is 0 Å². The van der Waals surface area contributed by atoms with E-state index in [-0.39, 0.29) is 0 Å². The molecule has 0 unspecified atom stereocenters. The Morgan fingerprint density at radius 3 is 1.16 bits per heavy atom. The Balaban J connectivity index is 1.25. The lowest BCUT2D eigenvalue weighted by atomic mass is 9.92. The summed E-state index contributed by atoms with van der Waals surface area (Å²) < 4.78 is 4.99. The molecule has 4 heteroatoms. The van der Waals surface area contributed by atoms with Gasteiger partial charge in [0.25, 0.3) is 0 Å². The van der Waals surface area contributed by atoms with Gasteiger partial charge in [-0.15, -0.1) is 0 Å². The highest BCUT2D eigenvalue weighted by atomic mass is 15.0. The van der Waals surface area contributed by atoms with E-state index in [1.54, 1.807) is 0 Å². The number of hydrogen-bond acceptors (Lipinski definition) is 2. The van der Waals surface area contributed by atoms with Crippen LogP contribution in [-0.2, 0) is 0 Å². The maximum absolute atomic E-state index is 5.35. The number of para-hydroxylation sites is 3. The minimum atomic E-state index is 0.667. The summed E-state index contributed by atoms with van der Waals surface area (Å²) in [6.45, 7) is 0.